The number of benzene rings is 1. The summed E-state index contributed by atoms with van der Waals surface area (Å²) in [5.41, 5.74) is 6.48. The summed E-state index contributed by atoms with van der Waals surface area (Å²) < 4.78 is 7.75. The third kappa shape index (κ3) is 3.62. The standard InChI is InChI=1S/C13H17Br2NO/c14-11-6-10(16)7-12(15)13(11)17-8-9-4-2-1-3-5-9/h6-7,9H,1-5,8,16H2. The van der Waals surface area contributed by atoms with Crippen LogP contribution in [0, 0.1) is 5.92 Å². The number of hydrogen-bond donors (Lipinski definition) is 1. The zero-order valence-electron chi connectivity index (χ0n) is 9.72. The highest BCUT2D eigenvalue weighted by Gasteiger charge is 2.15. The Morgan fingerprint density at radius 3 is 2.29 bits per heavy atom. The van der Waals surface area contributed by atoms with Gasteiger partial charge in [-0.3, -0.25) is 0 Å². The summed E-state index contributed by atoms with van der Waals surface area (Å²) in [6.07, 6.45) is 6.66. The zero-order valence-corrected chi connectivity index (χ0v) is 12.9. The lowest BCUT2D eigenvalue weighted by Gasteiger charge is -2.22. The van der Waals surface area contributed by atoms with Crippen LogP contribution in [0.25, 0.3) is 0 Å². The van der Waals surface area contributed by atoms with E-state index in [0.717, 1.165) is 27.0 Å². The van der Waals surface area contributed by atoms with Crippen LogP contribution in [0.5, 0.6) is 5.75 Å². The van der Waals surface area contributed by atoms with E-state index in [9.17, 15) is 0 Å². The molecule has 0 bridgehead atoms. The van der Waals surface area contributed by atoms with Crippen LogP contribution >= 0.6 is 31.9 Å². The van der Waals surface area contributed by atoms with Crippen LogP contribution in [-0.2, 0) is 0 Å². The van der Waals surface area contributed by atoms with Crippen molar-refractivity contribution < 1.29 is 4.74 Å². The molecule has 1 fully saturated rings. The Kier molecular flexibility index (Phi) is 4.74. The summed E-state index contributed by atoms with van der Waals surface area (Å²) in [5, 5.41) is 0. The summed E-state index contributed by atoms with van der Waals surface area (Å²) in [6.45, 7) is 0.807. The van der Waals surface area contributed by atoms with Gasteiger partial charge in [0.25, 0.3) is 0 Å². The molecule has 2 rings (SSSR count). The number of hydrogen-bond acceptors (Lipinski definition) is 2. The van der Waals surface area contributed by atoms with Gasteiger partial charge in [-0.05, 0) is 62.8 Å². The minimum Gasteiger partial charge on any atom is -0.491 e. The van der Waals surface area contributed by atoms with Crippen LogP contribution in [0.15, 0.2) is 21.1 Å². The Morgan fingerprint density at radius 2 is 1.71 bits per heavy atom. The van der Waals surface area contributed by atoms with Gasteiger partial charge in [0.1, 0.15) is 5.75 Å². The molecule has 0 spiro atoms. The van der Waals surface area contributed by atoms with Crippen LogP contribution in [0.1, 0.15) is 32.1 Å². The van der Waals surface area contributed by atoms with Crippen molar-refractivity contribution in [2.75, 3.05) is 12.3 Å². The van der Waals surface area contributed by atoms with Crippen LogP contribution in [0.3, 0.4) is 0 Å². The lowest BCUT2D eigenvalue weighted by molar-refractivity contribution is 0.207. The van der Waals surface area contributed by atoms with Crippen molar-refractivity contribution in [3.63, 3.8) is 0 Å². The molecule has 94 valence electrons. The summed E-state index contributed by atoms with van der Waals surface area (Å²) >= 11 is 6.98. The maximum atomic E-state index is 5.91. The molecule has 1 aromatic carbocycles. The minimum atomic E-state index is 0.708. The van der Waals surface area contributed by atoms with Crippen LogP contribution < -0.4 is 10.5 Å². The molecule has 0 heterocycles. The Hall–Kier alpha value is -0.220. The summed E-state index contributed by atoms with van der Waals surface area (Å²) in [5.74, 6) is 1.57. The van der Waals surface area contributed by atoms with Crippen LogP contribution in [0.4, 0.5) is 5.69 Å². The SMILES string of the molecule is Nc1cc(Br)c(OCC2CCCCC2)c(Br)c1. The fourth-order valence-electron chi connectivity index (χ4n) is 2.27. The third-order valence-electron chi connectivity index (χ3n) is 3.21. The van der Waals surface area contributed by atoms with Gasteiger partial charge >= 0.3 is 0 Å². The molecule has 0 saturated heterocycles. The monoisotopic (exact) mass is 361 g/mol. The largest absolute Gasteiger partial charge is 0.491 e. The highest BCUT2D eigenvalue weighted by atomic mass is 79.9. The first-order chi connectivity index (χ1) is 8.16. The molecule has 0 aromatic heterocycles. The highest BCUT2D eigenvalue weighted by molar-refractivity contribution is 9.11. The maximum absolute atomic E-state index is 5.91. The van der Waals surface area contributed by atoms with Crippen LogP contribution in [-0.4, -0.2) is 6.61 Å². The topological polar surface area (TPSA) is 35.2 Å². The predicted molar refractivity (Wildman–Crippen MR) is 78.3 cm³/mol. The molecule has 2 N–H and O–H groups in total. The minimum absolute atomic E-state index is 0.708. The second kappa shape index (κ2) is 6.10. The normalized spacial score (nSPS) is 17.1. The highest BCUT2D eigenvalue weighted by Crippen LogP contribution is 2.36. The van der Waals surface area contributed by atoms with E-state index in [0.29, 0.717) is 5.92 Å². The van der Waals surface area contributed by atoms with E-state index in [1.54, 1.807) is 0 Å². The second-order valence-electron chi connectivity index (χ2n) is 4.63. The van der Waals surface area contributed by atoms with Gasteiger partial charge in [-0.25, -0.2) is 0 Å². The molecular weight excluding hydrogens is 346 g/mol. The Balaban J connectivity index is 1.98. The Labute approximate surface area is 119 Å². The maximum Gasteiger partial charge on any atom is 0.147 e. The summed E-state index contributed by atoms with van der Waals surface area (Å²) in [7, 11) is 0. The van der Waals surface area contributed by atoms with Crippen molar-refractivity contribution >= 4 is 37.5 Å². The van der Waals surface area contributed by atoms with Crippen molar-refractivity contribution in [2.24, 2.45) is 5.92 Å². The summed E-state index contributed by atoms with van der Waals surface area (Å²) in [6, 6.07) is 3.75. The Morgan fingerprint density at radius 1 is 1.12 bits per heavy atom. The van der Waals surface area contributed by atoms with Crippen LogP contribution in [0.2, 0.25) is 0 Å². The van der Waals surface area contributed by atoms with Gasteiger partial charge in [-0.1, -0.05) is 19.3 Å². The van der Waals surface area contributed by atoms with Gasteiger partial charge in [-0.15, -0.1) is 0 Å². The van der Waals surface area contributed by atoms with Crippen molar-refractivity contribution in [1.82, 2.24) is 0 Å². The average Bonchev–Trinajstić information content (AvgIpc) is 2.29. The number of nitrogens with two attached hydrogens (primary N) is 1. The second-order valence-corrected chi connectivity index (χ2v) is 6.34. The fourth-order valence-corrected chi connectivity index (χ4v) is 3.72. The first-order valence-corrected chi connectivity index (χ1v) is 7.62. The molecule has 0 aliphatic heterocycles. The number of halogens is 2. The number of anilines is 1. The number of nitrogen functional groups attached to an aromatic ring is 1. The summed E-state index contributed by atoms with van der Waals surface area (Å²) in [4.78, 5) is 0. The molecule has 0 amide bonds. The first-order valence-electron chi connectivity index (χ1n) is 6.04. The lowest BCUT2D eigenvalue weighted by atomic mass is 9.90. The van der Waals surface area contributed by atoms with Gasteiger partial charge in [0.05, 0.1) is 15.6 Å². The molecule has 0 radical (unpaired) electrons. The van der Waals surface area contributed by atoms with E-state index in [1.807, 2.05) is 12.1 Å². The molecule has 0 atom stereocenters. The average molecular weight is 363 g/mol. The van der Waals surface area contributed by atoms with Gasteiger partial charge in [0.15, 0.2) is 0 Å². The fraction of sp³-hybridized carbons (Fsp3) is 0.538. The van der Waals surface area contributed by atoms with Gasteiger partial charge in [0, 0.05) is 5.69 Å². The van der Waals surface area contributed by atoms with Crippen molar-refractivity contribution in [3.05, 3.63) is 21.1 Å². The number of ether oxygens (including phenoxy) is 1. The molecule has 1 aliphatic rings. The van der Waals surface area contributed by atoms with Crippen molar-refractivity contribution in [2.45, 2.75) is 32.1 Å². The van der Waals surface area contributed by atoms with Gasteiger partial charge in [-0.2, -0.15) is 0 Å². The molecule has 1 aliphatic carbocycles. The van der Waals surface area contributed by atoms with E-state index >= 15 is 0 Å². The van der Waals surface area contributed by atoms with E-state index in [4.69, 9.17) is 10.5 Å². The quantitative estimate of drug-likeness (QED) is 0.787. The Bertz CT molecular complexity index is 366. The molecule has 4 heteroatoms. The van der Waals surface area contributed by atoms with Gasteiger partial charge in [0.2, 0.25) is 0 Å². The first kappa shape index (κ1) is 13.2. The predicted octanol–water partition coefficient (Wildman–Crippen LogP) is 4.75. The smallest absolute Gasteiger partial charge is 0.147 e. The molecule has 2 nitrogen and oxygen atoms in total. The van der Waals surface area contributed by atoms with Crippen molar-refractivity contribution in [3.8, 4) is 5.75 Å². The third-order valence-corrected chi connectivity index (χ3v) is 4.39. The van der Waals surface area contributed by atoms with Crippen molar-refractivity contribution in [1.29, 1.82) is 0 Å². The van der Waals surface area contributed by atoms with E-state index < -0.39 is 0 Å². The van der Waals surface area contributed by atoms with E-state index in [1.165, 1.54) is 32.1 Å². The van der Waals surface area contributed by atoms with E-state index in [-0.39, 0.29) is 0 Å². The van der Waals surface area contributed by atoms with E-state index in [2.05, 4.69) is 31.9 Å². The lowest BCUT2D eigenvalue weighted by Crippen LogP contribution is -2.15. The van der Waals surface area contributed by atoms with Gasteiger partial charge < -0.3 is 10.5 Å². The molecule has 1 aromatic rings. The molecule has 1 saturated carbocycles. The number of rotatable bonds is 3. The molecule has 0 unspecified atom stereocenters. The molecular formula is C13H17Br2NO. The molecule has 17 heavy (non-hydrogen) atoms. The zero-order chi connectivity index (χ0) is 12.3.